The molecule has 0 bridgehead atoms. The molecule has 0 aromatic carbocycles. The Kier molecular flexibility index (Phi) is 2.26. The lowest BCUT2D eigenvalue weighted by atomic mass is 10.3. The van der Waals surface area contributed by atoms with Gasteiger partial charge in [-0.2, -0.15) is 0 Å². The van der Waals surface area contributed by atoms with Crippen molar-refractivity contribution in [3.8, 4) is 0 Å². The van der Waals surface area contributed by atoms with Crippen LogP contribution in [0.4, 0.5) is 4.79 Å². The van der Waals surface area contributed by atoms with Crippen LogP contribution in [0.15, 0.2) is 24.5 Å². The number of amides is 1. The Morgan fingerprint density at radius 2 is 2.43 bits per heavy atom. The van der Waals surface area contributed by atoms with Crippen molar-refractivity contribution in [1.82, 2.24) is 9.47 Å². The normalized spacial score (nSPS) is 13.9. The van der Waals surface area contributed by atoms with Gasteiger partial charge in [0.25, 0.3) is 0 Å². The van der Waals surface area contributed by atoms with Crippen LogP contribution in [0, 0.1) is 0 Å². The molecule has 2 rings (SSSR count). The first-order valence-electron chi connectivity index (χ1n) is 4.58. The van der Waals surface area contributed by atoms with Gasteiger partial charge in [-0.15, -0.1) is 0 Å². The minimum atomic E-state index is -0.295. The van der Waals surface area contributed by atoms with Crippen molar-refractivity contribution in [3.63, 3.8) is 0 Å². The van der Waals surface area contributed by atoms with E-state index in [1.165, 1.54) is 0 Å². The molecule has 1 aromatic heterocycles. The zero-order chi connectivity index (χ0) is 9.97. The van der Waals surface area contributed by atoms with Gasteiger partial charge in [-0.25, -0.2) is 4.79 Å². The Hall–Kier alpha value is -1.71. The van der Waals surface area contributed by atoms with E-state index in [1.807, 2.05) is 29.1 Å². The van der Waals surface area contributed by atoms with Crippen molar-refractivity contribution in [2.45, 2.75) is 13.5 Å². The number of rotatable bonds is 1. The third-order valence-electron chi connectivity index (χ3n) is 2.11. The number of ether oxygens (including phenoxy) is 1. The molecule has 0 N–H and O–H groups in total. The van der Waals surface area contributed by atoms with Crippen LogP contribution in [0.5, 0.6) is 0 Å². The number of carbonyl (C=O) groups is 1. The second-order valence-corrected chi connectivity index (χ2v) is 3.03. The topological polar surface area (TPSA) is 34.5 Å². The van der Waals surface area contributed by atoms with Crippen molar-refractivity contribution in [1.29, 1.82) is 0 Å². The fraction of sp³-hybridized carbons (Fsp3) is 0.300. The van der Waals surface area contributed by atoms with E-state index in [4.69, 9.17) is 4.74 Å². The molecule has 14 heavy (non-hydrogen) atoms. The first-order valence-corrected chi connectivity index (χ1v) is 4.58. The smallest absolute Gasteiger partial charge is 0.414 e. The summed E-state index contributed by atoms with van der Waals surface area (Å²) in [6.07, 6.45) is 5.23. The molecule has 2 heterocycles. The van der Waals surface area contributed by atoms with Gasteiger partial charge in [0, 0.05) is 24.3 Å². The van der Waals surface area contributed by atoms with E-state index in [0.717, 1.165) is 5.69 Å². The number of carbonyl (C=O) groups excluding carboxylic acids is 1. The molecule has 74 valence electrons. The number of aromatic nitrogens is 1. The quantitative estimate of drug-likeness (QED) is 0.681. The van der Waals surface area contributed by atoms with Crippen molar-refractivity contribution >= 4 is 12.3 Å². The summed E-state index contributed by atoms with van der Waals surface area (Å²) in [7, 11) is 0. The molecule has 0 saturated heterocycles. The van der Waals surface area contributed by atoms with Crippen LogP contribution in [-0.4, -0.2) is 22.2 Å². The van der Waals surface area contributed by atoms with Gasteiger partial charge in [0.15, 0.2) is 0 Å². The fourth-order valence-electron chi connectivity index (χ4n) is 1.42. The van der Waals surface area contributed by atoms with Gasteiger partial charge in [-0.1, -0.05) is 0 Å². The Labute approximate surface area is 82.4 Å². The van der Waals surface area contributed by atoms with E-state index < -0.39 is 0 Å². The van der Waals surface area contributed by atoms with Crippen LogP contribution < -0.4 is 0 Å². The lowest BCUT2D eigenvalue weighted by Crippen LogP contribution is -2.29. The molecule has 0 fully saturated rings. The highest BCUT2D eigenvalue weighted by Crippen LogP contribution is 2.14. The van der Waals surface area contributed by atoms with E-state index in [0.29, 0.717) is 13.2 Å². The second kappa shape index (κ2) is 3.57. The highest BCUT2D eigenvalue weighted by molar-refractivity contribution is 5.70. The summed E-state index contributed by atoms with van der Waals surface area (Å²) in [5.41, 5.74) is 1.08. The van der Waals surface area contributed by atoms with Crippen molar-refractivity contribution in [2.75, 3.05) is 6.61 Å². The van der Waals surface area contributed by atoms with Gasteiger partial charge in [0.1, 0.15) is 0 Å². The van der Waals surface area contributed by atoms with E-state index in [1.54, 1.807) is 18.0 Å². The van der Waals surface area contributed by atoms with Crippen LogP contribution in [0.25, 0.3) is 6.20 Å². The molecule has 1 amide bonds. The van der Waals surface area contributed by atoms with Crippen molar-refractivity contribution < 1.29 is 9.53 Å². The average Bonchev–Trinajstić information content (AvgIpc) is 2.64. The molecule has 0 aliphatic carbocycles. The number of nitrogens with zero attached hydrogens (tertiary/aromatic N) is 2. The maximum atomic E-state index is 11.4. The molecule has 4 heteroatoms. The highest BCUT2D eigenvalue weighted by atomic mass is 16.6. The minimum absolute atomic E-state index is 0.295. The average molecular weight is 192 g/mol. The van der Waals surface area contributed by atoms with E-state index in [2.05, 4.69) is 0 Å². The van der Waals surface area contributed by atoms with Gasteiger partial charge in [-0.3, -0.25) is 4.90 Å². The van der Waals surface area contributed by atoms with E-state index in [-0.39, 0.29) is 6.09 Å². The van der Waals surface area contributed by atoms with Crippen LogP contribution in [0.2, 0.25) is 0 Å². The number of hydrogen-bond donors (Lipinski definition) is 0. The molecule has 1 aliphatic heterocycles. The zero-order valence-corrected chi connectivity index (χ0v) is 8.01. The van der Waals surface area contributed by atoms with Crippen LogP contribution in [0.3, 0.4) is 0 Å². The van der Waals surface area contributed by atoms with E-state index in [9.17, 15) is 4.79 Å². The maximum Gasteiger partial charge on any atom is 0.414 e. The van der Waals surface area contributed by atoms with Gasteiger partial charge in [0.05, 0.1) is 13.2 Å². The van der Waals surface area contributed by atoms with Crippen molar-refractivity contribution in [3.05, 3.63) is 30.2 Å². The standard InChI is InChI=1S/C10H12N2O2/c1-2-14-10(13)12-7-6-11-5-3-4-9(11)8-12/h3-7H,2,8H2,1H3. The largest absolute Gasteiger partial charge is 0.449 e. The summed E-state index contributed by atoms with van der Waals surface area (Å²) in [4.78, 5) is 12.9. The highest BCUT2D eigenvalue weighted by Gasteiger charge is 2.16. The summed E-state index contributed by atoms with van der Waals surface area (Å²) in [5.74, 6) is 0. The fourth-order valence-corrected chi connectivity index (χ4v) is 1.42. The molecule has 0 atom stereocenters. The van der Waals surface area contributed by atoms with Crippen LogP contribution in [-0.2, 0) is 11.3 Å². The summed E-state index contributed by atoms with van der Waals surface area (Å²) in [5, 5.41) is 0. The molecule has 0 radical (unpaired) electrons. The SMILES string of the molecule is CCOC(=O)N1C=Cn2cccc2C1. The first kappa shape index (κ1) is 8.87. The summed E-state index contributed by atoms with van der Waals surface area (Å²) in [6, 6.07) is 3.93. The van der Waals surface area contributed by atoms with Gasteiger partial charge in [-0.05, 0) is 19.1 Å². The van der Waals surface area contributed by atoms with Crippen LogP contribution >= 0.6 is 0 Å². The van der Waals surface area contributed by atoms with Crippen LogP contribution in [0.1, 0.15) is 12.6 Å². The Bertz CT molecular complexity index is 368. The minimum Gasteiger partial charge on any atom is -0.449 e. The molecule has 0 spiro atoms. The molecular formula is C10H12N2O2. The third-order valence-corrected chi connectivity index (χ3v) is 2.11. The molecule has 4 nitrogen and oxygen atoms in total. The maximum absolute atomic E-state index is 11.4. The Morgan fingerprint density at radius 1 is 1.57 bits per heavy atom. The number of fused-ring (bicyclic) bond motifs is 1. The van der Waals surface area contributed by atoms with Gasteiger partial charge in [0.2, 0.25) is 0 Å². The summed E-state index contributed by atoms with van der Waals surface area (Å²) < 4.78 is 6.88. The second-order valence-electron chi connectivity index (χ2n) is 3.03. The van der Waals surface area contributed by atoms with Gasteiger partial charge >= 0.3 is 6.09 Å². The van der Waals surface area contributed by atoms with E-state index >= 15 is 0 Å². The zero-order valence-electron chi connectivity index (χ0n) is 8.01. The molecule has 0 unspecified atom stereocenters. The first-order chi connectivity index (χ1) is 6.81. The lowest BCUT2D eigenvalue weighted by molar-refractivity contribution is 0.119. The van der Waals surface area contributed by atoms with Crippen molar-refractivity contribution in [2.24, 2.45) is 0 Å². The number of hydrogen-bond acceptors (Lipinski definition) is 2. The Morgan fingerprint density at radius 3 is 3.21 bits per heavy atom. The summed E-state index contributed by atoms with van der Waals surface area (Å²) >= 11 is 0. The monoisotopic (exact) mass is 192 g/mol. The van der Waals surface area contributed by atoms with Gasteiger partial charge < -0.3 is 9.30 Å². The predicted molar refractivity (Wildman–Crippen MR) is 52.3 cm³/mol. The third kappa shape index (κ3) is 1.51. The molecule has 0 saturated carbocycles. The molecule has 1 aromatic rings. The summed E-state index contributed by atoms with van der Waals surface area (Å²) in [6.45, 7) is 2.78. The molecular weight excluding hydrogens is 180 g/mol. The lowest BCUT2D eigenvalue weighted by Gasteiger charge is -2.21. The predicted octanol–water partition coefficient (Wildman–Crippen LogP) is 1.89. The Balaban J connectivity index is 2.10. The molecule has 1 aliphatic rings.